The highest BCUT2D eigenvalue weighted by atomic mass is 32.1. The summed E-state index contributed by atoms with van der Waals surface area (Å²) >= 11 is 1.55. The Morgan fingerprint density at radius 1 is 1.15 bits per heavy atom. The number of aromatic nitrogens is 1. The van der Waals surface area contributed by atoms with Crippen LogP contribution in [0.5, 0.6) is 0 Å². The van der Waals surface area contributed by atoms with Crippen LogP contribution in [0, 0.1) is 13.8 Å². The summed E-state index contributed by atoms with van der Waals surface area (Å²) in [6, 6.07) is 12.5. The molecular formula is C22H23N3OS. The van der Waals surface area contributed by atoms with Gasteiger partial charge in [-0.15, -0.1) is 11.3 Å². The van der Waals surface area contributed by atoms with Crippen molar-refractivity contribution >= 4 is 45.2 Å². The molecular weight excluding hydrogens is 354 g/mol. The molecule has 1 aromatic carbocycles. The third-order valence-corrected chi connectivity index (χ3v) is 5.91. The van der Waals surface area contributed by atoms with Gasteiger partial charge in [0.25, 0.3) is 0 Å². The van der Waals surface area contributed by atoms with Crippen LogP contribution in [0.2, 0.25) is 0 Å². The Hall–Kier alpha value is -2.53. The van der Waals surface area contributed by atoms with Gasteiger partial charge in [-0.05, 0) is 50.6 Å². The topological polar surface area (TPSA) is 45.6 Å². The van der Waals surface area contributed by atoms with E-state index in [2.05, 4.69) is 41.1 Å². The van der Waals surface area contributed by atoms with E-state index in [1.165, 1.54) is 0 Å². The maximum absolute atomic E-state index is 12.7. The Kier molecular flexibility index (Phi) is 4.79. The van der Waals surface area contributed by atoms with E-state index < -0.39 is 0 Å². The van der Waals surface area contributed by atoms with E-state index in [1.807, 2.05) is 26.0 Å². The molecule has 0 saturated carbocycles. The predicted molar refractivity (Wildman–Crippen MR) is 114 cm³/mol. The SMILES string of the molecule is CCCCN(C1=Nc2cc(C)sc2C(=O)C1)c1ccc2nc(C)ccc2c1. The summed E-state index contributed by atoms with van der Waals surface area (Å²) in [6.45, 7) is 7.06. The van der Waals surface area contributed by atoms with Crippen molar-refractivity contribution in [3.8, 4) is 0 Å². The number of carbonyl (C=O) groups is 1. The first-order chi connectivity index (χ1) is 13.0. The Morgan fingerprint density at radius 2 is 2.00 bits per heavy atom. The molecule has 0 amide bonds. The van der Waals surface area contributed by atoms with Crippen molar-refractivity contribution in [1.29, 1.82) is 0 Å². The molecule has 0 unspecified atom stereocenters. The molecule has 0 saturated heterocycles. The smallest absolute Gasteiger partial charge is 0.182 e. The lowest BCUT2D eigenvalue weighted by molar-refractivity contribution is 0.100. The Bertz CT molecular complexity index is 1050. The van der Waals surface area contributed by atoms with Crippen molar-refractivity contribution in [3.63, 3.8) is 0 Å². The molecule has 1 aliphatic rings. The molecule has 0 N–H and O–H groups in total. The van der Waals surface area contributed by atoms with Crippen LogP contribution in [0.15, 0.2) is 41.4 Å². The first kappa shape index (κ1) is 17.9. The molecule has 27 heavy (non-hydrogen) atoms. The summed E-state index contributed by atoms with van der Waals surface area (Å²) in [5.41, 5.74) is 3.90. The lowest BCUT2D eigenvalue weighted by atomic mass is 10.1. The molecule has 1 aliphatic heterocycles. The Balaban J connectivity index is 1.77. The van der Waals surface area contributed by atoms with Gasteiger partial charge in [-0.2, -0.15) is 0 Å². The number of anilines is 1. The summed E-state index contributed by atoms with van der Waals surface area (Å²) in [7, 11) is 0. The third kappa shape index (κ3) is 3.52. The number of thiophene rings is 1. The zero-order chi connectivity index (χ0) is 19.0. The zero-order valence-electron chi connectivity index (χ0n) is 16.0. The van der Waals surface area contributed by atoms with Gasteiger partial charge in [-0.25, -0.2) is 4.99 Å². The highest BCUT2D eigenvalue weighted by Crippen LogP contribution is 2.35. The summed E-state index contributed by atoms with van der Waals surface area (Å²) < 4.78 is 0. The Labute approximate surface area is 163 Å². The molecule has 0 fully saturated rings. The first-order valence-electron chi connectivity index (χ1n) is 9.41. The van der Waals surface area contributed by atoms with E-state index in [0.717, 1.165) is 62.9 Å². The van der Waals surface area contributed by atoms with Gasteiger partial charge in [0.1, 0.15) is 5.84 Å². The maximum Gasteiger partial charge on any atom is 0.182 e. The number of hydrogen-bond acceptors (Lipinski definition) is 5. The second kappa shape index (κ2) is 7.24. The average Bonchev–Trinajstić information content (AvgIpc) is 3.03. The van der Waals surface area contributed by atoms with E-state index in [-0.39, 0.29) is 5.78 Å². The summed E-state index contributed by atoms with van der Waals surface area (Å²) in [5, 5.41) is 1.11. The highest BCUT2D eigenvalue weighted by molar-refractivity contribution is 7.14. The number of rotatable bonds is 4. The lowest BCUT2D eigenvalue weighted by Gasteiger charge is -2.28. The van der Waals surface area contributed by atoms with Gasteiger partial charge in [0.2, 0.25) is 0 Å². The number of hydrogen-bond donors (Lipinski definition) is 0. The van der Waals surface area contributed by atoms with Crippen LogP contribution in [0.1, 0.15) is 46.4 Å². The molecule has 3 heterocycles. The van der Waals surface area contributed by atoms with Gasteiger partial charge in [0.05, 0.1) is 22.5 Å². The van der Waals surface area contributed by atoms with Gasteiger partial charge >= 0.3 is 0 Å². The predicted octanol–water partition coefficient (Wildman–Crippen LogP) is 5.84. The van der Waals surface area contributed by atoms with Crippen molar-refractivity contribution < 1.29 is 4.79 Å². The standard InChI is InChI=1S/C22H23N3OS/c1-4-5-10-25(17-8-9-18-16(12-17)7-6-14(2)23-18)21-13-20(26)22-19(24-21)11-15(3)27-22/h6-9,11-12H,4-5,10,13H2,1-3H3. The van der Waals surface area contributed by atoms with Crippen molar-refractivity contribution in [2.24, 2.45) is 4.99 Å². The second-order valence-electron chi connectivity index (χ2n) is 7.03. The molecule has 0 atom stereocenters. The van der Waals surface area contributed by atoms with Crippen LogP contribution in [0.25, 0.3) is 10.9 Å². The fourth-order valence-electron chi connectivity index (χ4n) is 3.45. The van der Waals surface area contributed by atoms with E-state index in [0.29, 0.717) is 6.42 Å². The number of pyridine rings is 1. The largest absolute Gasteiger partial charge is 0.329 e. The van der Waals surface area contributed by atoms with Gasteiger partial charge in [-0.3, -0.25) is 9.78 Å². The van der Waals surface area contributed by atoms with Crippen LogP contribution < -0.4 is 4.90 Å². The minimum atomic E-state index is 0.174. The number of fused-ring (bicyclic) bond motifs is 2. The molecule has 138 valence electrons. The van der Waals surface area contributed by atoms with Crippen molar-refractivity contribution in [2.75, 3.05) is 11.4 Å². The normalized spacial score (nSPS) is 13.6. The highest BCUT2D eigenvalue weighted by Gasteiger charge is 2.26. The summed E-state index contributed by atoms with van der Waals surface area (Å²) in [4.78, 5) is 26.2. The maximum atomic E-state index is 12.7. The zero-order valence-corrected chi connectivity index (χ0v) is 16.8. The van der Waals surface area contributed by atoms with Crippen LogP contribution in [-0.2, 0) is 0 Å². The van der Waals surface area contributed by atoms with E-state index in [1.54, 1.807) is 11.3 Å². The molecule has 3 aromatic rings. The number of nitrogens with zero attached hydrogens (tertiary/aromatic N) is 3. The van der Waals surface area contributed by atoms with Crippen molar-refractivity contribution in [2.45, 2.75) is 40.0 Å². The van der Waals surface area contributed by atoms with Crippen molar-refractivity contribution in [3.05, 3.63) is 51.8 Å². The Morgan fingerprint density at radius 3 is 2.81 bits per heavy atom. The minimum absolute atomic E-state index is 0.174. The van der Waals surface area contributed by atoms with Crippen molar-refractivity contribution in [1.82, 2.24) is 4.98 Å². The van der Waals surface area contributed by atoms with E-state index in [4.69, 9.17) is 4.99 Å². The van der Waals surface area contributed by atoms with Gasteiger partial charge < -0.3 is 4.90 Å². The van der Waals surface area contributed by atoms with E-state index in [9.17, 15) is 4.79 Å². The van der Waals surface area contributed by atoms with Gasteiger partial charge in [0, 0.05) is 28.2 Å². The number of aliphatic imine (C=N–C) groups is 1. The molecule has 0 bridgehead atoms. The number of carbonyl (C=O) groups excluding carboxylic acids is 1. The fraction of sp³-hybridized carbons (Fsp3) is 0.318. The molecule has 2 aromatic heterocycles. The third-order valence-electron chi connectivity index (χ3n) is 4.83. The number of benzene rings is 1. The molecule has 4 nitrogen and oxygen atoms in total. The number of unbranched alkanes of at least 4 members (excludes halogenated alkanes) is 1. The second-order valence-corrected chi connectivity index (χ2v) is 8.29. The monoisotopic (exact) mass is 377 g/mol. The van der Waals surface area contributed by atoms with Gasteiger partial charge in [0.15, 0.2) is 5.78 Å². The first-order valence-corrected chi connectivity index (χ1v) is 10.2. The number of amidine groups is 1. The number of ketones is 1. The van der Waals surface area contributed by atoms with Crippen LogP contribution in [0.3, 0.4) is 0 Å². The summed E-state index contributed by atoms with van der Waals surface area (Å²) in [6.07, 6.45) is 2.50. The molecule has 4 rings (SSSR count). The minimum Gasteiger partial charge on any atom is -0.329 e. The molecule has 5 heteroatoms. The summed E-state index contributed by atoms with van der Waals surface area (Å²) in [5.74, 6) is 1.02. The quantitative estimate of drug-likeness (QED) is 0.574. The fourth-order valence-corrected chi connectivity index (χ4v) is 4.34. The molecule has 0 aliphatic carbocycles. The molecule has 0 spiro atoms. The number of aryl methyl sites for hydroxylation is 2. The lowest BCUT2D eigenvalue weighted by Crippen LogP contribution is -2.34. The average molecular weight is 378 g/mol. The van der Waals surface area contributed by atoms with Crippen LogP contribution >= 0.6 is 11.3 Å². The van der Waals surface area contributed by atoms with Crippen LogP contribution in [-0.4, -0.2) is 23.1 Å². The molecule has 0 radical (unpaired) electrons. The number of Topliss-reactive ketones (excluding diaryl/α,β-unsaturated/α-hetero) is 1. The van der Waals surface area contributed by atoms with Gasteiger partial charge in [-0.1, -0.05) is 19.4 Å². The van der Waals surface area contributed by atoms with E-state index >= 15 is 0 Å². The van der Waals surface area contributed by atoms with Crippen LogP contribution in [0.4, 0.5) is 11.4 Å².